The molecule has 0 saturated carbocycles. The minimum absolute atomic E-state index is 0.215. The fourth-order valence-corrected chi connectivity index (χ4v) is 3.02. The van der Waals surface area contributed by atoms with Crippen LogP contribution in [0.25, 0.3) is 0 Å². The van der Waals surface area contributed by atoms with Crippen LogP contribution in [0.1, 0.15) is 34.7 Å². The van der Waals surface area contributed by atoms with Gasteiger partial charge in [-0.2, -0.15) is 0 Å². The molecule has 2 aliphatic rings. The van der Waals surface area contributed by atoms with Crippen molar-refractivity contribution in [2.75, 3.05) is 13.2 Å². The number of aryl methyl sites for hydroxylation is 1. The quantitative estimate of drug-likeness (QED) is 0.939. The van der Waals surface area contributed by atoms with E-state index in [1.807, 2.05) is 24.3 Å². The zero-order valence-corrected chi connectivity index (χ0v) is 12.7. The number of nitrogens with one attached hydrogen (secondary N) is 1. The number of rotatable bonds is 3. The van der Waals surface area contributed by atoms with E-state index >= 15 is 0 Å². The molecule has 1 amide bonds. The molecule has 1 atom stereocenters. The maximum absolute atomic E-state index is 12.3. The van der Waals surface area contributed by atoms with E-state index in [1.54, 1.807) is 0 Å². The highest BCUT2D eigenvalue weighted by atomic mass is 16.6. The van der Waals surface area contributed by atoms with Crippen molar-refractivity contribution in [3.63, 3.8) is 0 Å². The van der Waals surface area contributed by atoms with Crippen molar-refractivity contribution in [2.45, 2.75) is 31.8 Å². The predicted molar refractivity (Wildman–Crippen MR) is 81.8 cm³/mol. The molecular formula is C17H18N2O4. The molecule has 1 aliphatic heterocycles. The molecule has 2 aromatic rings. The topological polar surface area (TPSA) is 73.6 Å². The second-order valence-electron chi connectivity index (χ2n) is 5.85. The first-order valence-corrected chi connectivity index (χ1v) is 7.95. The summed E-state index contributed by atoms with van der Waals surface area (Å²) >= 11 is 0. The Morgan fingerprint density at radius 1 is 1.22 bits per heavy atom. The van der Waals surface area contributed by atoms with Gasteiger partial charge in [0.2, 0.25) is 5.76 Å². The molecule has 1 aromatic heterocycles. The van der Waals surface area contributed by atoms with Crippen molar-refractivity contribution in [1.82, 2.24) is 10.5 Å². The van der Waals surface area contributed by atoms with Crippen molar-refractivity contribution in [1.29, 1.82) is 0 Å². The highest BCUT2D eigenvalue weighted by Crippen LogP contribution is 2.30. The van der Waals surface area contributed by atoms with Gasteiger partial charge in [0.15, 0.2) is 11.5 Å². The van der Waals surface area contributed by atoms with Crippen molar-refractivity contribution >= 4 is 5.91 Å². The van der Waals surface area contributed by atoms with Gasteiger partial charge in [0.05, 0.1) is 12.2 Å². The molecule has 1 N–H and O–H groups in total. The van der Waals surface area contributed by atoms with Crippen molar-refractivity contribution in [2.24, 2.45) is 0 Å². The molecule has 0 bridgehead atoms. The monoisotopic (exact) mass is 314 g/mol. The Morgan fingerprint density at radius 3 is 2.96 bits per heavy atom. The van der Waals surface area contributed by atoms with Crippen molar-refractivity contribution in [3.05, 3.63) is 41.3 Å². The van der Waals surface area contributed by atoms with Crippen LogP contribution in [0.15, 0.2) is 28.8 Å². The number of para-hydroxylation sites is 2. The zero-order valence-electron chi connectivity index (χ0n) is 12.7. The van der Waals surface area contributed by atoms with Gasteiger partial charge >= 0.3 is 0 Å². The summed E-state index contributed by atoms with van der Waals surface area (Å²) in [5, 5.41) is 6.87. The lowest BCUT2D eigenvalue weighted by Crippen LogP contribution is -2.40. The minimum Gasteiger partial charge on any atom is -0.486 e. The van der Waals surface area contributed by atoms with E-state index in [4.69, 9.17) is 14.0 Å². The Kier molecular flexibility index (Phi) is 3.65. The number of nitrogens with zero attached hydrogens (tertiary/aromatic N) is 1. The highest BCUT2D eigenvalue weighted by molar-refractivity contribution is 5.93. The first-order valence-electron chi connectivity index (χ1n) is 7.95. The molecule has 23 heavy (non-hydrogen) atoms. The standard InChI is InChI=1S/C17H18N2O4/c20-17(16-12-5-1-2-6-13(12)19-23-16)18-9-11-10-21-14-7-3-4-8-15(14)22-11/h3-4,7-8,11H,1-2,5-6,9-10H2,(H,18,20)/t11-/m0/s1. The molecule has 0 unspecified atom stereocenters. The average Bonchev–Trinajstić information content (AvgIpc) is 3.03. The van der Waals surface area contributed by atoms with Crippen LogP contribution in [-0.4, -0.2) is 30.3 Å². The van der Waals surface area contributed by atoms with E-state index in [1.165, 1.54) is 0 Å². The molecule has 6 heteroatoms. The van der Waals surface area contributed by atoms with E-state index in [0.717, 1.165) is 42.7 Å². The normalized spacial score (nSPS) is 19.0. The van der Waals surface area contributed by atoms with E-state index in [9.17, 15) is 4.79 Å². The maximum Gasteiger partial charge on any atom is 0.290 e. The second kappa shape index (κ2) is 5.95. The van der Waals surface area contributed by atoms with Crippen LogP contribution in [0.4, 0.5) is 0 Å². The van der Waals surface area contributed by atoms with Crippen molar-refractivity contribution in [3.8, 4) is 11.5 Å². The smallest absolute Gasteiger partial charge is 0.290 e. The number of benzene rings is 1. The number of aromatic nitrogens is 1. The summed E-state index contributed by atoms with van der Waals surface area (Å²) in [6, 6.07) is 7.52. The number of carbonyl (C=O) groups is 1. The Morgan fingerprint density at radius 2 is 2.04 bits per heavy atom. The summed E-state index contributed by atoms with van der Waals surface area (Å²) in [6.07, 6.45) is 3.71. The summed E-state index contributed by atoms with van der Waals surface area (Å²) in [5.74, 6) is 1.55. The van der Waals surface area contributed by atoms with E-state index < -0.39 is 0 Å². The fourth-order valence-electron chi connectivity index (χ4n) is 3.02. The lowest BCUT2D eigenvalue weighted by Gasteiger charge is -2.26. The number of hydrogen-bond donors (Lipinski definition) is 1. The van der Waals surface area contributed by atoms with Gasteiger partial charge in [-0.05, 0) is 37.8 Å². The van der Waals surface area contributed by atoms with Crippen molar-refractivity contribution < 1.29 is 18.8 Å². The minimum atomic E-state index is -0.233. The number of hydrogen-bond acceptors (Lipinski definition) is 5. The largest absolute Gasteiger partial charge is 0.486 e. The molecular weight excluding hydrogens is 296 g/mol. The van der Waals surface area contributed by atoms with Gasteiger partial charge in [-0.15, -0.1) is 0 Å². The van der Waals surface area contributed by atoms with Gasteiger partial charge < -0.3 is 19.3 Å². The number of carbonyl (C=O) groups excluding carboxylic acids is 1. The molecule has 0 saturated heterocycles. The first kappa shape index (κ1) is 14.1. The SMILES string of the molecule is O=C(NC[C@H]1COc2ccccc2O1)c1onc2c1CCCC2. The van der Waals surface area contributed by atoms with E-state index in [-0.39, 0.29) is 12.0 Å². The van der Waals surface area contributed by atoms with Gasteiger partial charge in [0.1, 0.15) is 12.7 Å². The maximum atomic E-state index is 12.3. The van der Waals surface area contributed by atoms with Crippen LogP contribution < -0.4 is 14.8 Å². The number of amides is 1. The molecule has 0 spiro atoms. The van der Waals surface area contributed by atoms with Gasteiger partial charge in [-0.3, -0.25) is 4.79 Å². The number of fused-ring (bicyclic) bond motifs is 2. The molecule has 120 valence electrons. The Hall–Kier alpha value is -2.50. The molecule has 2 heterocycles. The lowest BCUT2D eigenvalue weighted by molar-refractivity contribution is 0.0767. The summed E-state index contributed by atoms with van der Waals surface area (Å²) in [5.41, 5.74) is 1.88. The molecule has 0 radical (unpaired) electrons. The second-order valence-corrected chi connectivity index (χ2v) is 5.85. The molecule has 6 nitrogen and oxygen atoms in total. The van der Waals surface area contributed by atoms with Crippen LogP contribution >= 0.6 is 0 Å². The summed E-state index contributed by atoms with van der Waals surface area (Å²) < 4.78 is 16.7. The van der Waals surface area contributed by atoms with Crippen LogP contribution in [0.5, 0.6) is 11.5 Å². The van der Waals surface area contributed by atoms with Crippen LogP contribution in [0.2, 0.25) is 0 Å². The zero-order chi connectivity index (χ0) is 15.6. The Labute approximate surface area is 133 Å². The third-order valence-corrected chi connectivity index (χ3v) is 4.22. The Balaban J connectivity index is 1.38. The third kappa shape index (κ3) is 2.76. The summed E-state index contributed by atoms with van der Waals surface area (Å²) in [6.45, 7) is 0.772. The summed E-state index contributed by atoms with van der Waals surface area (Å²) in [7, 11) is 0. The van der Waals surface area contributed by atoms with Crippen LogP contribution in [0, 0.1) is 0 Å². The first-order chi connectivity index (χ1) is 11.3. The molecule has 4 rings (SSSR count). The fraction of sp³-hybridized carbons (Fsp3) is 0.412. The lowest BCUT2D eigenvalue weighted by atomic mass is 9.96. The third-order valence-electron chi connectivity index (χ3n) is 4.22. The molecule has 1 aliphatic carbocycles. The van der Waals surface area contributed by atoms with E-state index in [0.29, 0.717) is 24.7 Å². The number of ether oxygens (including phenoxy) is 2. The average molecular weight is 314 g/mol. The Bertz CT molecular complexity index is 725. The van der Waals surface area contributed by atoms with Crippen LogP contribution in [0.3, 0.4) is 0 Å². The van der Waals surface area contributed by atoms with Gasteiger partial charge in [0, 0.05) is 5.56 Å². The summed E-state index contributed by atoms with van der Waals surface area (Å²) in [4.78, 5) is 12.3. The highest BCUT2D eigenvalue weighted by Gasteiger charge is 2.26. The van der Waals surface area contributed by atoms with Crippen LogP contribution in [-0.2, 0) is 12.8 Å². The molecule has 1 aromatic carbocycles. The van der Waals surface area contributed by atoms with Gasteiger partial charge in [-0.1, -0.05) is 17.3 Å². The van der Waals surface area contributed by atoms with Gasteiger partial charge in [-0.25, -0.2) is 0 Å². The molecule has 0 fully saturated rings. The van der Waals surface area contributed by atoms with Gasteiger partial charge in [0.25, 0.3) is 5.91 Å². The predicted octanol–water partition coefficient (Wildman–Crippen LogP) is 2.12. The van der Waals surface area contributed by atoms with E-state index in [2.05, 4.69) is 10.5 Å².